The van der Waals surface area contributed by atoms with Gasteiger partial charge in [-0.3, -0.25) is 0 Å². The van der Waals surface area contributed by atoms with Crippen molar-refractivity contribution in [3.63, 3.8) is 0 Å². The fraction of sp³-hybridized carbons (Fsp3) is 0.625. The molecule has 2 N–H and O–H groups in total. The SMILES string of the molecule is CC(C)NCc1cccc(CS(=O)(=O)NCC2CC2C)c1. The lowest BCUT2D eigenvalue weighted by Gasteiger charge is -2.10. The van der Waals surface area contributed by atoms with Crippen molar-refractivity contribution in [2.24, 2.45) is 11.8 Å². The molecule has 0 aromatic heterocycles. The summed E-state index contributed by atoms with van der Waals surface area (Å²) in [6.45, 7) is 7.69. The number of hydrogen-bond donors (Lipinski definition) is 2. The second-order valence-corrected chi connectivity index (χ2v) is 8.24. The van der Waals surface area contributed by atoms with Crippen molar-refractivity contribution in [1.82, 2.24) is 10.0 Å². The van der Waals surface area contributed by atoms with Crippen LogP contribution in [-0.2, 0) is 22.3 Å². The molecular weight excluding hydrogens is 284 g/mol. The molecule has 2 rings (SSSR count). The molecule has 0 bridgehead atoms. The van der Waals surface area contributed by atoms with Crippen LogP contribution >= 0.6 is 0 Å². The standard InChI is InChI=1S/C16H26N2O2S/c1-12(2)17-9-14-5-4-6-15(8-14)11-21(19,20)18-10-16-7-13(16)3/h4-6,8,12-13,16-18H,7,9-11H2,1-3H3. The first kappa shape index (κ1) is 16.5. The second kappa shape index (κ2) is 6.90. The average Bonchev–Trinajstić information content (AvgIpc) is 3.10. The average molecular weight is 310 g/mol. The van der Waals surface area contributed by atoms with Gasteiger partial charge in [-0.15, -0.1) is 0 Å². The molecular formula is C16H26N2O2S. The molecule has 1 fully saturated rings. The van der Waals surface area contributed by atoms with E-state index in [2.05, 4.69) is 30.8 Å². The monoisotopic (exact) mass is 310 g/mol. The number of rotatable bonds is 8. The fourth-order valence-electron chi connectivity index (χ4n) is 2.34. The van der Waals surface area contributed by atoms with Crippen LogP contribution in [-0.4, -0.2) is 21.0 Å². The third-order valence-corrected chi connectivity index (χ3v) is 5.22. The van der Waals surface area contributed by atoms with Crippen LogP contribution in [0.15, 0.2) is 24.3 Å². The summed E-state index contributed by atoms with van der Waals surface area (Å²) in [4.78, 5) is 0. The van der Waals surface area contributed by atoms with E-state index in [1.54, 1.807) is 0 Å². The van der Waals surface area contributed by atoms with Gasteiger partial charge in [-0.2, -0.15) is 0 Å². The summed E-state index contributed by atoms with van der Waals surface area (Å²) < 4.78 is 26.9. The van der Waals surface area contributed by atoms with Crippen molar-refractivity contribution in [2.75, 3.05) is 6.54 Å². The minimum absolute atomic E-state index is 0.0591. The van der Waals surface area contributed by atoms with Crippen molar-refractivity contribution in [3.05, 3.63) is 35.4 Å². The minimum Gasteiger partial charge on any atom is -0.310 e. The van der Waals surface area contributed by atoms with Gasteiger partial charge in [0.05, 0.1) is 5.75 Å². The van der Waals surface area contributed by atoms with Gasteiger partial charge in [-0.05, 0) is 29.4 Å². The fourth-order valence-corrected chi connectivity index (χ4v) is 3.53. The molecule has 1 aliphatic carbocycles. The van der Waals surface area contributed by atoms with Crippen LogP contribution in [0.3, 0.4) is 0 Å². The maximum Gasteiger partial charge on any atom is 0.215 e. The molecule has 2 atom stereocenters. The molecule has 1 aliphatic rings. The Morgan fingerprint density at radius 3 is 2.57 bits per heavy atom. The van der Waals surface area contributed by atoms with Gasteiger partial charge in [0.15, 0.2) is 0 Å². The number of benzene rings is 1. The van der Waals surface area contributed by atoms with E-state index in [-0.39, 0.29) is 5.75 Å². The van der Waals surface area contributed by atoms with Gasteiger partial charge >= 0.3 is 0 Å². The quantitative estimate of drug-likeness (QED) is 0.774. The lowest BCUT2D eigenvalue weighted by Crippen LogP contribution is -2.27. The lowest BCUT2D eigenvalue weighted by molar-refractivity contribution is 0.573. The van der Waals surface area contributed by atoms with Crippen molar-refractivity contribution in [2.45, 2.75) is 45.5 Å². The van der Waals surface area contributed by atoms with Crippen molar-refractivity contribution in [1.29, 1.82) is 0 Å². The van der Waals surface area contributed by atoms with Crippen molar-refractivity contribution >= 4 is 10.0 Å². The van der Waals surface area contributed by atoms with E-state index in [0.29, 0.717) is 24.4 Å². The zero-order valence-electron chi connectivity index (χ0n) is 13.1. The van der Waals surface area contributed by atoms with E-state index in [1.807, 2.05) is 24.3 Å². The topological polar surface area (TPSA) is 58.2 Å². The van der Waals surface area contributed by atoms with Crippen LogP contribution in [0.2, 0.25) is 0 Å². The Kier molecular flexibility index (Phi) is 5.41. The van der Waals surface area contributed by atoms with Gasteiger partial charge in [0, 0.05) is 19.1 Å². The highest BCUT2D eigenvalue weighted by atomic mass is 32.2. The second-order valence-electron chi connectivity index (χ2n) is 6.44. The normalized spacial score (nSPS) is 21.7. The molecule has 0 spiro atoms. The Labute approximate surface area is 128 Å². The summed E-state index contributed by atoms with van der Waals surface area (Å²) in [5, 5.41) is 3.34. The molecule has 118 valence electrons. The summed E-state index contributed by atoms with van der Waals surface area (Å²) in [5.74, 6) is 1.25. The Balaban J connectivity index is 1.90. The van der Waals surface area contributed by atoms with E-state index in [9.17, 15) is 8.42 Å². The molecule has 1 aromatic rings. The third-order valence-electron chi connectivity index (χ3n) is 3.90. The third kappa shape index (κ3) is 5.77. The van der Waals surface area contributed by atoms with E-state index in [1.165, 1.54) is 0 Å². The molecule has 0 amide bonds. The smallest absolute Gasteiger partial charge is 0.215 e. The zero-order valence-corrected chi connectivity index (χ0v) is 13.9. The maximum absolute atomic E-state index is 12.1. The summed E-state index contributed by atoms with van der Waals surface area (Å²) in [7, 11) is -3.23. The van der Waals surface area contributed by atoms with Crippen LogP contribution in [0.25, 0.3) is 0 Å². The highest BCUT2D eigenvalue weighted by Crippen LogP contribution is 2.36. The molecule has 5 heteroatoms. The predicted octanol–water partition coefficient (Wildman–Crippen LogP) is 2.26. The number of nitrogens with one attached hydrogen (secondary N) is 2. The predicted molar refractivity (Wildman–Crippen MR) is 86.3 cm³/mol. The highest BCUT2D eigenvalue weighted by Gasteiger charge is 2.33. The first-order valence-electron chi connectivity index (χ1n) is 7.64. The van der Waals surface area contributed by atoms with Gasteiger partial charge in [0.2, 0.25) is 10.0 Å². The molecule has 1 aromatic carbocycles. The zero-order chi connectivity index (χ0) is 15.5. The van der Waals surface area contributed by atoms with Crippen LogP contribution < -0.4 is 10.0 Å². The highest BCUT2D eigenvalue weighted by molar-refractivity contribution is 7.88. The van der Waals surface area contributed by atoms with Gasteiger partial charge in [-0.1, -0.05) is 45.0 Å². The van der Waals surface area contributed by atoms with E-state index >= 15 is 0 Å². The molecule has 4 nitrogen and oxygen atoms in total. The molecule has 2 unspecified atom stereocenters. The maximum atomic E-state index is 12.1. The van der Waals surface area contributed by atoms with Crippen LogP contribution in [0.1, 0.15) is 38.3 Å². The molecule has 21 heavy (non-hydrogen) atoms. The number of sulfonamides is 1. The minimum atomic E-state index is -3.23. The van der Waals surface area contributed by atoms with Crippen LogP contribution in [0.4, 0.5) is 0 Å². The van der Waals surface area contributed by atoms with E-state index in [0.717, 1.165) is 24.1 Å². The molecule has 1 saturated carbocycles. The largest absolute Gasteiger partial charge is 0.310 e. The Bertz CT molecular complexity index is 569. The molecule has 0 radical (unpaired) electrons. The summed E-state index contributed by atoms with van der Waals surface area (Å²) in [5.41, 5.74) is 1.96. The van der Waals surface area contributed by atoms with Crippen LogP contribution in [0, 0.1) is 11.8 Å². The van der Waals surface area contributed by atoms with Gasteiger partial charge in [0.1, 0.15) is 0 Å². The summed E-state index contributed by atoms with van der Waals surface area (Å²) in [6, 6.07) is 8.20. The summed E-state index contributed by atoms with van der Waals surface area (Å²) in [6.07, 6.45) is 1.14. The Hall–Kier alpha value is -0.910. The van der Waals surface area contributed by atoms with Gasteiger partial charge in [0.25, 0.3) is 0 Å². The Morgan fingerprint density at radius 1 is 1.29 bits per heavy atom. The van der Waals surface area contributed by atoms with Crippen LogP contribution in [0.5, 0.6) is 0 Å². The first-order valence-corrected chi connectivity index (χ1v) is 9.29. The van der Waals surface area contributed by atoms with Crippen molar-refractivity contribution < 1.29 is 8.42 Å². The molecule has 0 heterocycles. The number of hydrogen-bond acceptors (Lipinski definition) is 3. The van der Waals surface area contributed by atoms with E-state index < -0.39 is 10.0 Å². The van der Waals surface area contributed by atoms with Crippen molar-refractivity contribution in [3.8, 4) is 0 Å². The van der Waals surface area contributed by atoms with Gasteiger partial charge in [-0.25, -0.2) is 13.1 Å². The lowest BCUT2D eigenvalue weighted by atomic mass is 10.1. The molecule has 0 aliphatic heterocycles. The Morgan fingerprint density at radius 2 is 1.95 bits per heavy atom. The van der Waals surface area contributed by atoms with E-state index in [4.69, 9.17) is 0 Å². The molecule has 0 saturated heterocycles. The summed E-state index contributed by atoms with van der Waals surface area (Å²) >= 11 is 0. The first-order chi connectivity index (χ1) is 9.85. The van der Waals surface area contributed by atoms with Gasteiger partial charge < -0.3 is 5.32 Å².